The number of nitrogens with zero attached hydrogens (tertiary/aromatic N) is 2. The van der Waals surface area contributed by atoms with Crippen molar-refractivity contribution in [2.24, 2.45) is 0 Å². The predicted octanol–water partition coefficient (Wildman–Crippen LogP) is 5.12. The Bertz CT molecular complexity index is 941. The first-order chi connectivity index (χ1) is 10.1. The minimum absolute atomic E-state index is 0. The molecule has 0 aliphatic carbocycles. The van der Waals surface area contributed by atoms with E-state index in [2.05, 4.69) is 24.8 Å². The van der Waals surface area contributed by atoms with Crippen LogP contribution >= 0.6 is 11.8 Å². The summed E-state index contributed by atoms with van der Waals surface area (Å²) in [4.78, 5) is 9.69. The van der Waals surface area contributed by atoms with Crippen molar-refractivity contribution in [3.63, 3.8) is 0 Å². The van der Waals surface area contributed by atoms with Crippen molar-refractivity contribution in [2.75, 3.05) is 5.75 Å². The van der Waals surface area contributed by atoms with Crippen molar-refractivity contribution in [3.05, 3.63) is 53.5 Å². The van der Waals surface area contributed by atoms with Crippen LogP contribution in [0.4, 0.5) is 5.69 Å². The molecule has 0 atom stereocenters. The smallest absolute Gasteiger partial charge is 0.154 e. The largest absolute Gasteiger partial charge is 0.304 e. The Morgan fingerprint density at radius 2 is 2.18 bits per heavy atom. The van der Waals surface area contributed by atoms with Gasteiger partial charge in [-0.05, 0) is 16.5 Å². The van der Waals surface area contributed by atoms with Gasteiger partial charge in [0.25, 0.3) is 0 Å². The summed E-state index contributed by atoms with van der Waals surface area (Å²) >= 11 is 1.88. The summed E-state index contributed by atoms with van der Waals surface area (Å²) in [5.74, 6) is 1.06. The van der Waals surface area contributed by atoms with Crippen LogP contribution in [0.3, 0.4) is 0 Å². The third kappa shape index (κ3) is 2.08. The summed E-state index contributed by atoms with van der Waals surface area (Å²) in [6.45, 7) is 12.0. The average molecular weight is 482 g/mol. The van der Waals surface area contributed by atoms with Gasteiger partial charge in [0.2, 0.25) is 0 Å². The maximum atomic E-state index is 7.46. The van der Waals surface area contributed by atoms with E-state index in [0.717, 1.165) is 27.4 Å². The number of hydrogen-bond donors (Lipinski definition) is 0. The van der Waals surface area contributed by atoms with Crippen LogP contribution in [0.1, 0.15) is 19.4 Å². The predicted molar refractivity (Wildman–Crippen MR) is 88.1 cm³/mol. The minimum Gasteiger partial charge on any atom is -0.304 e. The number of aromatic nitrogens is 1. The Labute approximate surface area is 147 Å². The van der Waals surface area contributed by atoms with Gasteiger partial charge in [-0.15, -0.1) is 46.8 Å². The Balaban J connectivity index is 0.00000144. The first-order valence-corrected chi connectivity index (χ1v) is 7.87. The second kappa shape index (κ2) is 5.35. The molecule has 1 aliphatic rings. The first-order valence-electron chi connectivity index (χ1n) is 6.89. The van der Waals surface area contributed by atoms with Crippen molar-refractivity contribution >= 4 is 39.1 Å². The van der Waals surface area contributed by atoms with Gasteiger partial charge in [0.1, 0.15) is 0 Å². The fraction of sp³-hybridized carbons (Fsp3) is 0.222. The number of fused-ring (bicyclic) bond motifs is 5. The van der Waals surface area contributed by atoms with Crippen LogP contribution in [0.25, 0.3) is 26.5 Å². The minimum atomic E-state index is 0. The second-order valence-corrected chi connectivity index (χ2v) is 7.02. The Kier molecular flexibility index (Phi) is 3.77. The molecule has 1 aliphatic heterocycles. The Morgan fingerprint density at radius 1 is 1.36 bits per heavy atom. The van der Waals surface area contributed by atoms with Crippen molar-refractivity contribution in [3.8, 4) is 0 Å². The first kappa shape index (κ1) is 15.5. The van der Waals surface area contributed by atoms with Crippen LogP contribution in [0, 0.1) is 12.6 Å². The quantitative estimate of drug-likeness (QED) is 0.328. The van der Waals surface area contributed by atoms with Crippen molar-refractivity contribution < 1.29 is 20.1 Å². The summed E-state index contributed by atoms with van der Waals surface area (Å²) in [5.41, 5.74) is 3.09. The van der Waals surface area contributed by atoms with Gasteiger partial charge in [-0.25, -0.2) is 4.85 Å². The summed E-state index contributed by atoms with van der Waals surface area (Å²) in [6.07, 6.45) is 2.01. The van der Waals surface area contributed by atoms with Gasteiger partial charge in [0, 0.05) is 42.4 Å². The van der Waals surface area contributed by atoms with Gasteiger partial charge in [-0.1, -0.05) is 19.9 Å². The Hall–Kier alpha value is -1.40. The van der Waals surface area contributed by atoms with E-state index in [1.165, 1.54) is 10.5 Å². The van der Waals surface area contributed by atoms with E-state index >= 15 is 0 Å². The molecule has 0 saturated carbocycles. The van der Waals surface area contributed by atoms with Gasteiger partial charge >= 0.3 is 0 Å². The van der Waals surface area contributed by atoms with Crippen molar-refractivity contribution in [1.29, 1.82) is 0 Å². The third-order valence-electron chi connectivity index (χ3n) is 4.14. The van der Waals surface area contributed by atoms with Crippen molar-refractivity contribution in [1.82, 2.24) is 4.98 Å². The number of rotatable bonds is 0. The maximum absolute atomic E-state index is 7.46. The van der Waals surface area contributed by atoms with Gasteiger partial charge < -0.3 is 4.98 Å². The summed E-state index contributed by atoms with van der Waals surface area (Å²) in [5, 5.41) is 2.99. The van der Waals surface area contributed by atoms with Gasteiger partial charge in [-0.2, -0.15) is 0 Å². The monoisotopic (exact) mass is 482 g/mol. The van der Waals surface area contributed by atoms with Crippen LogP contribution in [-0.4, -0.2) is 10.7 Å². The molecule has 4 heteroatoms. The molecule has 0 amide bonds. The number of thioether (sulfide) groups is 1. The average Bonchev–Trinajstić information content (AvgIpc) is 2.82. The van der Waals surface area contributed by atoms with Crippen LogP contribution in [-0.2, 0) is 25.5 Å². The van der Waals surface area contributed by atoms with E-state index in [0.29, 0.717) is 5.69 Å². The molecule has 0 fully saturated rings. The molecule has 1 aromatic heterocycles. The van der Waals surface area contributed by atoms with Crippen LogP contribution in [0.2, 0.25) is 0 Å². The molecule has 0 spiro atoms. The van der Waals surface area contributed by atoms with Gasteiger partial charge in [0.05, 0.1) is 6.57 Å². The molecule has 2 aromatic carbocycles. The number of hydrogen-bond acceptors (Lipinski definition) is 2. The summed E-state index contributed by atoms with van der Waals surface area (Å²) < 4.78 is 0. The van der Waals surface area contributed by atoms with Crippen LogP contribution in [0.15, 0.2) is 35.4 Å². The zero-order valence-corrected chi connectivity index (χ0v) is 15.4. The fourth-order valence-corrected chi connectivity index (χ4v) is 4.42. The zero-order valence-electron chi connectivity index (χ0n) is 12.2. The molecule has 0 bridgehead atoms. The van der Waals surface area contributed by atoms with Crippen LogP contribution < -0.4 is 0 Å². The van der Waals surface area contributed by atoms with E-state index in [9.17, 15) is 0 Å². The van der Waals surface area contributed by atoms with Crippen LogP contribution in [0.5, 0.6) is 0 Å². The molecule has 2 heterocycles. The molecular formula is C18H13IrN2S-. The third-order valence-corrected chi connectivity index (χ3v) is 5.74. The molecule has 22 heavy (non-hydrogen) atoms. The number of pyridine rings is 1. The molecule has 0 saturated heterocycles. The normalized spacial score (nSPS) is 15.3. The standard InChI is InChI=1S/C18H13N2S.Ir/c1-18(2)10-21-17-13-8-15(19-3)11-6-4-5-7-12(11)16(13)20-9-14(17)18;/h4-6,8-9H,10H2,1-2H3;/q-1;. The van der Waals surface area contributed by atoms with E-state index < -0.39 is 0 Å². The van der Waals surface area contributed by atoms with E-state index in [1.54, 1.807) is 0 Å². The fourth-order valence-electron chi connectivity index (χ4n) is 2.96. The SMILES string of the molecule is [C-]#[N+]c1cc2c3c(cnc2c2[c-]cccc12)C(C)(C)CS3.[Ir]. The molecular weight excluding hydrogens is 468 g/mol. The van der Waals surface area contributed by atoms with Gasteiger partial charge in [0.15, 0.2) is 5.69 Å². The maximum Gasteiger partial charge on any atom is 0.154 e. The van der Waals surface area contributed by atoms with E-state index in [-0.39, 0.29) is 25.5 Å². The second-order valence-electron chi connectivity index (χ2n) is 6.04. The van der Waals surface area contributed by atoms with E-state index in [1.807, 2.05) is 42.2 Å². The molecule has 2 nitrogen and oxygen atoms in total. The van der Waals surface area contributed by atoms with Gasteiger partial charge in [-0.3, -0.25) is 0 Å². The molecule has 4 rings (SSSR count). The number of benzene rings is 2. The zero-order chi connectivity index (χ0) is 14.6. The topological polar surface area (TPSA) is 17.2 Å². The summed E-state index contributed by atoms with van der Waals surface area (Å²) in [7, 11) is 0. The molecule has 0 N–H and O–H groups in total. The van der Waals surface area contributed by atoms with E-state index in [4.69, 9.17) is 11.6 Å². The molecule has 111 valence electrons. The molecule has 3 aromatic rings. The molecule has 1 radical (unpaired) electrons. The molecule has 0 unspecified atom stereocenters. The summed E-state index contributed by atoms with van der Waals surface area (Å²) in [6, 6.07) is 11.1. The Morgan fingerprint density at radius 3 is 2.95 bits per heavy atom. The van der Waals surface area contributed by atoms with Crippen molar-refractivity contribution in [2.45, 2.75) is 24.2 Å².